The van der Waals surface area contributed by atoms with Crippen molar-refractivity contribution in [3.05, 3.63) is 57.8 Å². The van der Waals surface area contributed by atoms with Crippen LogP contribution in [0.5, 0.6) is 0 Å². The topological polar surface area (TPSA) is 70.7 Å². The molecule has 5 nitrogen and oxygen atoms in total. The average molecular weight is 286 g/mol. The molecule has 0 bridgehead atoms. The van der Waals surface area contributed by atoms with E-state index in [0.29, 0.717) is 11.3 Å². The molecule has 0 unspecified atom stereocenters. The molecule has 0 aliphatic heterocycles. The number of aromatic nitrogens is 2. The van der Waals surface area contributed by atoms with Crippen LogP contribution in [0, 0.1) is 17.1 Å². The first kappa shape index (κ1) is 14.7. The summed E-state index contributed by atoms with van der Waals surface area (Å²) >= 11 is 0. The van der Waals surface area contributed by atoms with Crippen molar-refractivity contribution in [2.24, 2.45) is 0 Å². The van der Waals surface area contributed by atoms with Crippen molar-refractivity contribution in [1.82, 2.24) is 9.78 Å². The maximum absolute atomic E-state index is 13.7. The van der Waals surface area contributed by atoms with Crippen LogP contribution in [0.25, 0.3) is 0 Å². The van der Waals surface area contributed by atoms with E-state index >= 15 is 0 Å². The molecular weight excluding hydrogens is 271 g/mol. The van der Waals surface area contributed by atoms with Gasteiger partial charge in [-0.15, -0.1) is 0 Å². The molecule has 0 fully saturated rings. The number of nitriles is 1. The molecule has 0 radical (unpaired) electrons. The van der Waals surface area contributed by atoms with Crippen LogP contribution in [0.15, 0.2) is 35.3 Å². The highest BCUT2D eigenvalue weighted by Gasteiger charge is 2.07. The predicted octanol–water partition coefficient (Wildman–Crippen LogP) is 2.12. The molecule has 2 rings (SSSR count). The minimum atomic E-state index is -0.462. The quantitative estimate of drug-likeness (QED) is 0.914. The Kier molecular flexibility index (Phi) is 4.67. The van der Waals surface area contributed by atoms with Crippen LogP contribution >= 0.6 is 0 Å². The normalized spacial score (nSPS) is 10.1. The molecule has 108 valence electrons. The van der Waals surface area contributed by atoms with Gasteiger partial charge in [0.15, 0.2) is 0 Å². The summed E-state index contributed by atoms with van der Waals surface area (Å²) in [6, 6.07) is 7.41. The first-order chi connectivity index (χ1) is 10.1. The Morgan fingerprint density at radius 3 is 2.90 bits per heavy atom. The van der Waals surface area contributed by atoms with Gasteiger partial charge in [-0.3, -0.25) is 4.79 Å². The predicted molar refractivity (Wildman–Crippen MR) is 77.5 cm³/mol. The van der Waals surface area contributed by atoms with Gasteiger partial charge >= 0.3 is 0 Å². The Hall–Kier alpha value is -2.68. The minimum absolute atomic E-state index is 0.00571. The maximum atomic E-state index is 13.7. The highest BCUT2D eigenvalue weighted by molar-refractivity contribution is 5.39. The van der Waals surface area contributed by atoms with Crippen molar-refractivity contribution in [1.29, 1.82) is 5.26 Å². The van der Waals surface area contributed by atoms with Gasteiger partial charge in [-0.05, 0) is 24.6 Å². The van der Waals surface area contributed by atoms with Crippen LogP contribution in [0.4, 0.5) is 10.1 Å². The molecule has 21 heavy (non-hydrogen) atoms. The Morgan fingerprint density at radius 1 is 1.43 bits per heavy atom. The molecule has 2 aromatic rings. The van der Waals surface area contributed by atoms with Crippen LogP contribution in [0.1, 0.15) is 24.5 Å². The number of nitrogens with zero attached hydrogens (tertiary/aromatic N) is 3. The molecular formula is C15H15FN4O. The van der Waals surface area contributed by atoms with Crippen molar-refractivity contribution in [2.45, 2.75) is 19.9 Å². The van der Waals surface area contributed by atoms with Crippen molar-refractivity contribution in [3.8, 4) is 6.07 Å². The molecule has 1 N–H and O–H groups in total. The van der Waals surface area contributed by atoms with E-state index in [4.69, 9.17) is 5.26 Å². The van der Waals surface area contributed by atoms with Gasteiger partial charge in [0.2, 0.25) is 0 Å². The van der Waals surface area contributed by atoms with E-state index in [2.05, 4.69) is 10.4 Å². The highest BCUT2D eigenvalue weighted by atomic mass is 19.1. The van der Waals surface area contributed by atoms with Gasteiger partial charge in [-0.2, -0.15) is 10.4 Å². The molecule has 1 heterocycles. The average Bonchev–Trinajstić information content (AvgIpc) is 2.49. The number of benzene rings is 1. The summed E-state index contributed by atoms with van der Waals surface area (Å²) < 4.78 is 14.9. The number of nitrogens with one attached hydrogen (secondary N) is 1. The monoisotopic (exact) mass is 286 g/mol. The molecule has 0 spiro atoms. The SMILES string of the molecule is CCCNc1cnn(Cc2cc(C#N)ccc2F)c(=O)c1. The molecule has 0 aliphatic carbocycles. The van der Waals surface area contributed by atoms with Crippen molar-refractivity contribution < 1.29 is 4.39 Å². The standard InChI is InChI=1S/C15H15FN4O/c1-2-5-18-13-7-15(21)20(19-9-13)10-12-6-11(8-17)3-4-14(12)16/h3-4,6-7,9,18H,2,5,10H2,1H3. The first-order valence-corrected chi connectivity index (χ1v) is 6.63. The lowest BCUT2D eigenvalue weighted by atomic mass is 10.1. The van der Waals surface area contributed by atoms with Crippen LogP contribution < -0.4 is 10.9 Å². The molecule has 0 aliphatic rings. The fraction of sp³-hybridized carbons (Fsp3) is 0.267. The van der Waals surface area contributed by atoms with E-state index in [-0.39, 0.29) is 17.7 Å². The second kappa shape index (κ2) is 6.66. The minimum Gasteiger partial charge on any atom is -0.384 e. The molecule has 6 heteroatoms. The Morgan fingerprint density at radius 2 is 2.24 bits per heavy atom. The number of rotatable bonds is 5. The summed E-state index contributed by atoms with van der Waals surface area (Å²) in [6.45, 7) is 2.77. The lowest BCUT2D eigenvalue weighted by Gasteiger charge is -2.08. The molecule has 1 aromatic carbocycles. The van der Waals surface area contributed by atoms with E-state index in [1.807, 2.05) is 13.0 Å². The smallest absolute Gasteiger partial charge is 0.269 e. The molecule has 0 atom stereocenters. The summed E-state index contributed by atoms with van der Waals surface area (Å²) in [7, 11) is 0. The zero-order chi connectivity index (χ0) is 15.2. The van der Waals surface area contributed by atoms with Gasteiger partial charge in [-0.1, -0.05) is 6.92 Å². The maximum Gasteiger partial charge on any atom is 0.269 e. The van der Waals surface area contributed by atoms with Crippen LogP contribution in [0.2, 0.25) is 0 Å². The summed E-state index contributed by atoms with van der Waals surface area (Å²) in [5, 5.41) is 15.9. The van der Waals surface area contributed by atoms with Gasteiger partial charge in [0.05, 0.1) is 30.1 Å². The fourth-order valence-electron chi connectivity index (χ4n) is 1.85. The largest absolute Gasteiger partial charge is 0.384 e. The lowest BCUT2D eigenvalue weighted by molar-refractivity contribution is 0.572. The van der Waals surface area contributed by atoms with Gasteiger partial charge in [0, 0.05) is 18.2 Å². The van der Waals surface area contributed by atoms with E-state index in [9.17, 15) is 9.18 Å². The summed E-state index contributed by atoms with van der Waals surface area (Å²) in [4.78, 5) is 11.9. The van der Waals surface area contributed by atoms with Crippen molar-refractivity contribution in [3.63, 3.8) is 0 Å². The van der Waals surface area contributed by atoms with Gasteiger partial charge in [0.25, 0.3) is 5.56 Å². The third kappa shape index (κ3) is 3.66. The van der Waals surface area contributed by atoms with Crippen molar-refractivity contribution >= 4 is 5.69 Å². The molecule has 0 saturated carbocycles. The summed E-state index contributed by atoms with van der Waals surface area (Å²) in [5.74, 6) is -0.462. The Balaban J connectivity index is 2.24. The zero-order valence-electron chi connectivity index (χ0n) is 11.6. The second-order valence-electron chi connectivity index (χ2n) is 4.58. The fourth-order valence-corrected chi connectivity index (χ4v) is 1.85. The second-order valence-corrected chi connectivity index (χ2v) is 4.58. The van der Waals surface area contributed by atoms with E-state index in [1.165, 1.54) is 30.5 Å². The van der Waals surface area contributed by atoms with E-state index < -0.39 is 5.82 Å². The van der Waals surface area contributed by atoms with E-state index in [1.54, 1.807) is 0 Å². The van der Waals surface area contributed by atoms with Gasteiger partial charge in [0.1, 0.15) is 5.82 Å². The van der Waals surface area contributed by atoms with Crippen LogP contribution in [0.3, 0.4) is 0 Å². The molecule has 0 amide bonds. The number of hydrogen-bond acceptors (Lipinski definition) is 4. The van der Waals surface area contributed by atoms with Gasteiger partial charge < -0.3 is 5.32 Å². The van der Waals surface area contributed by atoms with Gasteiger partial charge in [-0.25, -0.2) is 9.07 Å². The number of hydrogen-bond donors (Lipinski definition) is 1. The molecule has 1 aromatic heterocycles. The number of anilines is 1. The van der Waals surface area contributed by atoms with Crippen LogP contribution in [-0.4, -0.2) is 16.3 Å². The Bertz CT molecular complexity index is 733. The summed E-state index contributed by atoms with van der Waals surface area (Å²) in [5.41, 5.74) is 0.931. The zero-order valence-corrected chi connectivity index (χ0v) is 11.6. The lowest BCUT2D eigenvalue weighted by Crippen LogP contribution is -2.23. The highest BCUT2D eigenvalue weighted by Crippen LogP contribution is 2.11. The molecule has 0 saturated heterocycles. The first-order valence-electron chi connectivity index (χ1n) is 6.63. The number of halogens is 1. The third-order valence-corrected chi connectivity index (χ3v) is 2.94. The third-order valence-electron chi connectivity index (χ3n) is 2.94. The van der Waals surface area contributed by atoms with Crippen molar-refractivity contribution in [2.75, 3.05) is 11.9 Å². The van der Waals surface area contributed by atoms with Crippen LogP contribution in [-0.2, 0) is 6.54 Å². The summed E-state index contributed by atoms with van der Waals surface area (Å²) in [6.07, 6.45) is 2.47. The van der Waals surface area contributed by atoms with E-state index in [0.717, 1.165) is 17.6 Å². The Labute approximate surface area is 121 Å².